The Morgan fingerprint density at radius 3 is 2.93 bits per heavy atom. The van der Waals surface area contributed by atoms with Crippen molar-refractivity contribution < 1.29 is 14.7 Å². The third kappa shape index (κ3) is 1.88. The van der Waals surface area contributed by atoms with Gasteiger partial charge in [-0.1, -0.05) is 11.6 Å². The van der Waals surface area contributed by atoms with Crippen LogP contribution in [-0.4, -0.2) is 18.4 Å². The first-order valence-corrected chi connectivity index (χ1v) is 5.06. The van der Waals surface area contributed by atoms with Gasteiger partial charge in [-0.3, -0.25) is 0 Å². The topological polar surface area (TPSA) is 50.7 Å². The van der Waals surface area contributed by atoms with Crippen molar-refractivity contribution in [2.45, 2.75) is 13.5 Å². The molecule has 1 aliphatic heterocycles. The molecule has 0 unspecified atom stereocenters. The van der Waals surface area contributed by atoms with E-state index in [4.69, 9.17) is 26.3 Å². The molecule has 0 aromatic heterocycles. The first-order chi connectivity index (χ1) is 7.24. The van der Waals surface area contributed by atoms with E-state index in [2.05, 4.69) is 5.48 Å². The number of ether oxygens (including phenoxy) is 2. The van der Waals surface area contributed by atoms with E-state index in [-0.39, 0.29) is 0 Å². The Hall–Kier alpha value is -0.970. The van der Waals surface area contributed by atoms with Crippen LogP contribution in [0.25, 0.3) is 0 Å². The first kappa shape index (κ1) is 10.5. The fraction of sp³-hybridized carbons (Fsp3) is 0.400. The fourth-order valence-electron chi connectivity index (χ4n) is 1.56. The van der Waals surface area contributed by atoms with E-state index in [1.807, 2.05) is 13.0 Å². The summed E-state index contributed by atoms with van der Waals surface area (Å²) in [6.07, 6.45) is 0. The van der Waals surface area contributed by atoms with Crippen LogP contribution in [0, 0.1) is 6.92 Å². The van der Waals surface area contributed by atoms with Crippen LogP contribution in [0.3, 0.4) is 0 Å². The molecule has 0 bridgehead atoms. The van der Waals surface area contributed by atoms with Crippen molar-refractivity contribution in [3.05, 3.63) is 22.2 Å². The number of benzene rings is 1. The predicted octanol–water partition coefficient (Wildman–Crippen LogP) is 1.90. The molecule has 2 rings (SSSR count). The minimum Gasteiger partial charge on any atom is -0.486 e. The van der Waals surface area contributed by atoms with E-state index in [1.165, 1.54) is 0 Å². The zero-order valence-corrected chi connectivity index (χ0v) is 9.10. The minimum atomic E-state index is 0.336. The summed E-state index contributed by atoms with van der Waals surface area (Å²) < 4.78 is 10.9. The van der Waals surface area contributed by atoms with Crippen LogP contribution in [0.2, 0.25) is 5.02 Å². The first-order valence-electron chi connectivity index (χ1n) is 4.68. The molecule has 4 nitrogen and oxygen atoms in total. The van der Waals surface area contributed by atoms with E-state index >= 15 is 0 Å². The number of nitrogens with one attached hydrogen (secondary N) is 1. The Balaban J connectivity index is 2.47. The van der Waals surface area contributed by atoms with Gasteiger partial charge in [0.1, 0.15) is 13.2 Å². The van der Waals surface area contributed by atoms with Gasteiger partial charge in [0, 0.05) is 6.54 Å². The zero-order valence-electron chi connectivity index (χ0n) is 8.34. The molecule has 1 aromatic carbocycles. The van der Waals surface area contributed by atoms with Gasteiger partial charge in [0.05, 0.1) is 5.02 Å². The largest absolute Gasteiger partial charge is 0.486 e. The molecule has 0 radical (unpaired) electrons. The molecule has 0 spiro atoms. The lowest BCUT2D eigenvalue weighted by Gasteiger charge is -2.21. The second-order valence-electron chi connectivity index (χ2n) is 3.33. The molecule has 2 N–H and O–H groups in total. The van der Waals surface area contributed by atoms with Gasteiger partial charge in [-0.2, -0.15) is 0 Å². The molecule has 1 heterocycles. The van der Waals surface area contributed by atoms with Crippen LogP contribution in [0.4, 0.5) is 0 Å². The van der Waals surface area contributed by atoms with Crippen molar-refractivity contribution >= 4 is 11.6 Å². The monoisotopic (exact) mass is 229 g/mol. The lowest BCUT2D eigenvalue weighted by molar-refractivity contribution is 0.159. The Kier molecular flexibility index (Phi) is 3.00. The molecule has 82 valence electrons. The molecule has 1 aromatic rings. The molecule has 0 aliphatic carbocycles. The van der Waals surface area contributed by atoms with Crippen molar-refractivity contribution in [3.8, 4) is 11.5 Å². The van der Waals surface area contributed by atoms with Crippen LogP contribution in [0.15, 0.2) is 6.07 Å². The Labute approximate surface area is 92.7 Å². The Bertz CT molecular complexity index is 381. The van der Waals surface area contributed by atoms with Crippen molar-refractivity contribution in [3.63, 3.8) is 0 Å². The van der Waals surface area contributed by atoms with Crippen molar-refractivity contribution in [1.29, 1.82) is 0 Å². The van der Waals surface area contributed by atoms with Gasteiger partial charge in [-0.25, -0.2) is 5.48 Å². The quantitative estimate of drug-likeness (QED) is 0.761. The molecular formula is C10H12ClNO3. The number of hydrogen-bond acceptors (Lipinski definition) is 4. The minimum absolute atomic E-state index is 0.336. The van der Waals surface area contributed by atoms with E-state index in [0.717, 1.165) is 11.1 Å². The van der Waals surface area contributed by atoms with Gasteiger partial charge in [-0.05, 0) is 24.1 Å². The maximum atomic E-state index is 8.67. The van der Waals surface area contributed by atoms with E-state index in [9.17, 15) is 0 Å². The average molecular weight is 230 g/mol. The summed E-state index contributed by atoms with van der Waals surface area (Å²) in [4.78, 5) is 0. The molecule has 0 atom stereocenters. The lowest BCUT2D eigenvalue weighted by Crippen LogP contribution is -2.17. The third-order valence-electron chi connectivity index (χ3n) is 2.40. The third-order valence-corrected chi connectivity index (χ3v) is 2.85. The molecule has 0 amide bonds. The molecule has 0 saturated heterocycles. The number of rotatable bonds is 2. The SMILES string of the molecule is Cc1c(CNO)cc2c(c1Cl)OCCO2. The summed E-state index contributed by atoms with van der Waals surface area (Å²) in [5, 5.41) is 9.23. The highest BCUT2D eigenvalue weighted by molar-refractivity contribution is 6.33. The highest BCUT2D eigenvalue weighted by Crippen LogP contribution is 2.40. The molecule has 15 heavy (non-hydrogen) atoms. The highest BCUT2D eigenvalue weighted by Gasteiger charge is 2.19. The lowest BCUT2D eigenvalue weighted by atomic mass is 10.1. The Morgan fingerprint density at radius 1 is 1.47 bits per heavy atom. The second-order valence-corrected chi connectivity index (χ2v) is 3.71. The van der Waals surface area contributed by atoms with Crippen molar-refractivity contribution in [2.24, 2.45) is 0 Å². The molecule has 1 aliphatic rings. The fourth-order valence-corrected chi connectivity index (χ4v) is 1.83. The van der Waals surface area contributed by atoms with Gasteiger partial charge < -0.3 is 14.7 Å². The Morgan fingerprint density at radius 2 is 2.20 bits per heavy atom. The zero-order chi connectivity index (χ0) is 10.8. The standard InChI is InChI=1S/C10H12ClNO3/c1-6-7(5-12-13)4-8-10(9(6)11)15-3-2-14-8/h4,12-13H,2-3,5H2,1H3. The van der Waals surface area contributed by atoms with E-state index in [1.54, 1.807) is 0 Å². The summed E-state index contributed by atoms with van der Waals surface area (Å²) in [6.45, 7) is 3.26. The number of hydroxylamine groups is 1. The van der Waals surface area contributed by atoms with Gasteiger partial charge in [0.2, 0.25) is 0 Å². The van der Waals surface area contributed by atoms with E-state index in [0.29, 0.717) is 36.3 Å². The molecule has 0 fully saturated rings. The number of halogens is 1. The van der Waals surface area contributed by atoms with Gasteiger partial charge >= 0.3 is 0 Å². The second kappa shape index (κ2) is 4.26. The van der Waals surface area contributed by atoms with Crippen LogP contribution in [0.1, 0.15) is 11.1 Å². The van der Waals surface area contributed by atoms with Gasteiger partial charge in [-0.15, -0.1) is 0 Å². The van der Waals surface area contributed by atoms with Gasteiger partial charge in [0.25, 0.3) is 0 Å². The van der Waals surface area contributed by atoms with Crippen LogP contribution >= 0.6 is 11.6 Å². The molecule has 5 heteroatoms. The summed E-state index contributed by atoms with van der Waals surface area (Å²) >= 11 is 6.14. The summed E-state index contributed by atoms with van der Waals surface area (Å²) in [5.74, 6) is 1.24. The van der Waals surface area contributed by atoms with Crippen molar-refractivity contribution in [1.82, 2.24) is 5.48 Å². The summed E-state index contributed by atoms with van der Waals surface area (Å²) in [5.41, 5.74) is 3.89. The van der Waals surface area contributed by atoms with E-state index < -0.39 is 0 Å². The normalized spacial score (nSPS) is 14.1. The maximum absolute atomic E-state index is 8.67. The summed E-state index contributed by atoms with van der Waals surface area (Å²) in [7, 11) is 0. The van der Waals surface area contributed by atoms with Crippen LogP contribution in [-0.2, 0) is 6.54 Å². The predicted molar refractivity (Wildman–Crippen MR) is 55.8 cm³/mol. The van der Waals surface area contributed by atoms with Gasteiger partial charge in [0.15, 0.2) is 11.5 Å². The molecular weight excluding hydrogens is 218 g/mol. The number of fused-ring (bicyclic) bond motifs is 1. The van der Waals surface area contributed by atoms with Crippen LogP contribution in [0.5, 0.6) is 11.5 Å². The maximum Gasteiger partial charge on any atom is 0.180 e. The molecule has 0 saturated carbocycles. The average Bonchev–Trinajstić information content (AvgIpc) is 2.26. The van der Waals surface area contributed by atoms with Crippen molar-refractivity contribution in [2.75, 3.05) is 13.2 Å². The highest BCUT2D eigenvalue weighted by atomic mass is 35.5. The number of hydrogen-bond donors (Lipinski definition) is 2. The summed E-state index contributed by atoms with van der Waals surface area (Å²) in [6, 6.07) is 1.83. The smallest absolute Gasteiger partial charge is 0.180 e. The van der Waals surface area contributed by atoms with Crippen LogP contribution < -0.4 is 15.0 Å².